The van der Waals surface area contributed by atoms with Crippen molar-refractivity contribution in [2.75, 3.05) is 26.4 Å². The lowest BCUT2D eigenvalue weighted by Crippen LogP contribution is -2.20. The van der Waals surface area contributed by atoms with Crippen molar-refractivity contribution in [1.82, 2.24) is 0 Å². The van der Waals surface area contributed by atoms with E-state index >= 15 is 0 Å². The van der Waals surface area contributed by atoms with Gasteiger partial charge in [-0.1, -0.05) is 48.0 Å². The maximum absolute atomic E-state index is 5.77. The first-order chi connectivity index (χ1) is 8.41. The highest BCUT2D eigenvalue weighted by Gasteiger charge is 2.11. The molecule has 0 saturated heterocycles. The first-order valence-corrected chi connectivity index (χ1v) is 7.57. The average molecular weight is 258 g/mol. The van der Waals surface area contributed by atoms with Gasteiger partial charge in [-0.25, -0.2) is 0 Å². The molecular formula is C16H34O2. The zero-order chi connectivity index (χ0) is 14.0. The summed E-state index contributed by atoms with van der Waals surface area (Å²) in [4.78, 5) is 0. The molecule has 110 valence electrons. The van der Waals surface area contributed by atoms with Crippen LogP contribution in [0.1, 0.15) is 54.4 Å². The third-order valence-corrected chi connectivity index (χ3v) is 2.76. The molecule has 0 radical (unpaired) electrons. The van der Waals surface area contributed by atoms with Crippen LogP contribution in [0.25, 0.3) is 0 Å². The van der Waals surface area contributed by atoms with Crippen molar-refractivity contribution in [3.05, 3.63) is 0 Å². The van der Waals surface area contributed by atoms with Crippen LogP contribution >= 0.6 is 0 Å². The fourth-order valence-electron chi connectivity index (χ4n) is 1.72. The zero-order valence-electron chi connectivity index (χ0n) is 13.4. The Hall–Kier alpha value is -0.0800. The molecule has 0 fully saturated rings. The van der Waals surface area contributed by atoms with Crippen molar-refractivity contribution < 1.29 is 9.47 Å². The van der Waals surface area contributed by atoms with Gasteiger partial charge in [0.2, 0.25) is 0 Å². The predicted octanol–water partition coefficient (Wildman–Crippen LogP) is 4.38. The molecule has 0 aromatic heterocycles. The molecule has 0 amide bonds. The Morgan fingerprint density at radius 3 is 1.33 bits per heavy atom. The summed E-state index contributed by atoms with van der Waals surface area (Å²) < 4.78 is 11.5. The molecule has 0 aliphatic heterocycles. The number of hydrogen-bond acceptors (Lipinski definition) is 2. The molecule has 0 aromatic rings. The van der Waals surface area contributed by atoms with Crippen LogP contribution in [0, 0.1) is 23.7 Å². The first kappa shape index (κ1) is 17.9. The molecule has 0 spiro atoms. The molecule has 0 rings (SSSR count). The molecule has 0 atom stereocenters. The van der Waals surface area contributed by atoms with Gasteiger partial charge >= 0.3 is 0 Å². The highest BCUT2D eigenvalue weighted by Crippen LogP contribution is 2.14. The predicted molar refractivity (Wildman–Crippen MR) is 78.9 cm³/mol. The Kier molecular flexibility index (Phi) is 10.8. The van der Waals surface area contributed by atoms with Crippen molar-refractivity contribution in [2.24, 2.45) is 23.7 Å². The van der Waals surface area contributed by atoms with Crippen LogP contribution in [0.3, 0.4) is 0 Å². The van der Waals surface area contributed by atoms with Crippen LogP contribution in [-0.4, -0.2) is 26.4 Å². The van der Waals surface area contributed by atoms with Gasteiger partial charge in [0.25, 0.3) is 0 Å². The van der Waals surface area contributed by atoms with Gasteiger partial charge in [0.15, 0.2) is 0 Å². The highest BCUT2D eigenvalue weighted by molar-refractivity contribution is 4.60. The number of ether oxygens (including phenoxy) is 2. The SMILES string of the molecule is CC(C)CCC(COCC(C)C)COCC(C)C. The van der Waals surface area contributed by atoms with E-state index in [9.17, 15) is 0 Å². The number of rotatable bonds is 11. The third kappa shape index (κ3) is 12.4. The maximum Gasteiger partial charge on any atom is 0.0516 e. The van der Waals surface area contributed by atoms with Crippen LogP contribution in [-0.2, 0) is 9.47 Å². The number of hydrogen-bond donors (Lipinski definition) is 0. The van der Waals surface area contributed by atoms with E-state index in [4.69, 9.17) is 9.47 Å². The topological polar surface area (TPSA) is 18.5 Å². The lowest BCUT2D eigenvalue weighted by Gasteiger charge is -2.19. The fraction of sp³-hybridized carbons (Fsp3) is 1.00. The van der Waals surface area contributed by atoms with E-state index in [1.165, 1.54) is 12.8 Å². The van der Waals surface area contributed by atoms with Crippen LogP contribution in [0.5, 0.6) is 0 Å². The maximum atomic E-state index is 5.77. The summed E-state index contributed by atoms with van der Waals surface area (Å²) in [6.07, 6.45) is 2.48. The van der Waals surface area contributed by atoms with Crippen LogP contribution in [0.15, 0.2) is 0 Å². The van der Waals surface area contributed by atoms with E-state index in [2.05, 4.69) is 41.5 Å². The second kappa shape index (κ2) is 10.8. The summed E-state index contributed by atoms with van der Waals surface area (Å²) in [5.41, 5.74) is 0. The lowest BCUT2D eigenvalue weighted by atomic mass is 9.99. The Balaban J connectivity index is 3.84. The second-order valence-electron chi connectivity index (χ2n) is 6.70. The molecule has 0 bridgehead atoms. The van der Waals surface area contributed by atoms with Crippen molar-refractivity contribution in [1.29, 1.82) is 0 Å². The first-order valence-electron chi connectivity index (χ1n) is 7.57. The lowest BCUT2D eigenvalue weighted by molar-refractivity contribution is 0.0188. The summed E-state index contributed by atoms with van der Waals surface area (Å²) in [5.74, 6) is 2.56. The Morgan fingerprint density at radius 2 is 1.00 bits per heavy atom. The third-order valence-electron chi connectivity index (χ3n) is 2.76. The minimum atomic E-state index is 0.560. The minimum absolute atomic E-state index is 0.560. The average Bonchev–Trinajstić information content (AvgIpc) is 2.24. The van der Waals surface area contributed by atoms with Crippen molar-refractivity contribution in [3.8, 4) is 0 Å². The van der Waals surface area contributed by atoms with Gasteiger partial charge in [0, 0.05) is 19.1 Å². The van der Waals surface area contributed by atoms with Gasteiger partial charge in [-0.15, -0.1) is 0 Å². The van der Waals surface area contributed by atoms with E-state index in [1.54, 1.807) is 0 Å². The fourth-order valence-corrected chi connectivity index (χ4v) is 1.72. The van der Waals surface area contributed by atoms with Crippen molar-refractivity contribution in [3.63, 3.8) is 0 Å². The largest absolute Gasteiger partial charge is 0.381 e. The molecule has 0 N–H and O–H groups in total. The van der Waals surface area contributed by atoms with Crippen LogP contribution in [0.2, 0.25) is 0 Å². The van der Waals surface area contributed by atoms with E-state index in [0.29, 0.717) is 17.8 Å². The summed E-state index contributed by atoms with van der Waals surface area (Å²) in [6.45, 7) is 16.8. The molecular weight excluding hydrogens is 224 g/mol. The Bertz CT molecular complexity index is 162. The van der Waals surface area contributed by atoms with Crippen molar-refractivity contribution >= 4 is 0 Å². The molecule has 0 heterocycles. The van der Waals surface area contributed by atoms with E-state index in [1.807, 2.05) is 0 Å². The van der Waals surface area contributed by atoms with E-state index < -0.39 is 0 Å². The van der Waals surface area contributed by atoms with Gasteiger partial charge in [0.05, 0.1) is 13.2 Å². The summed E-state index contributed by atoms with van der Waals surface area (Å²) in [6, 6.07) is 0. The highest BCUT2D eigenvalue weighted by atomic mass is 16.5. The van der Waals surface area contributed by atoms with Gasteiger partial charge in [-0.2, -0.15) is 0 Å². The summed E-state index contributed by atoms with van der Waals surface area (Å²) >= 11 is 0. The quantitative estimate of drug-likeness (QED) is 0.547. The van der Waals surface area contributed by atoms with Crippen LogP contribution in [0.4, 0.5) is 0 Å². The van der Waals surface area contributed by atoms with Gasteiger partial charge in [-0.05, 0) is 24.2 Å². The standard InChI is InChI=1S/C16H34O2/c1-13(2)7-8-16(11-17-9-14(3)4)12-18-10-15(5)6/h13-16H,7-12H2,1-6H3. The van der Waals surface area contributed by atoms with Crippen LogP contribution < -0.4 is 0 Å². The van der Waals surface area contributed by atoms with E-state index in [0.717, 1.165) is 32.3 Å². The van der Waals surface area contributed by atoms with Gasteiger partial charge in [0.1, 0.15) is 0 Å². The molecule has 0 aliphatic carbocycles. The molecule has 0 aliphatic rings. The second-order valence-corrected chi connectivity index (χ2v) is 6.70. The van der Waals surface area contributed by atoms with Gasteiger partial charge < -0.3 is 9.47 Å². The monoisotopic (exact) mass is 258 g/mol. The summed E-state index contributed by atoms with van der Waals surface area (Å²) in [7, 11) is 0. The molecule has 0 saturated carbocycles. The van der Waals surface area contributed by atoms with Crippen molar-refractivity contribution in [2.45, 2.75) is 54.4 Å². The Labute approximate surface area is 114 Å². The Morgan fingerprint density at radius 1 is 0.556 bits per heavy atom. The molecule has 18 heavy (non-hydrogen) atoms. The molecule has 2 nitrogen and oxygen atoms in total. The van der Waals surface area contributed by atoms with Gasteiger partial charge in [-0.3, -0.25) is 0 Å². The smallest absolute Gasteiger partial charge is 0.0516 e. The molecule has 0 aromatic carbocycles. The minimum Gasteiger partial charge on any atom is -0.381 e. The van der Waals surface area contributed by atoms with E-state index in [-0.39, 0.29) is 0 Å². The zero-order valence-corrected chi connectivity index (χ0v) is 13.4. The normalized spacial score (nSPS) is 12.3. The molecule has 2 heteroatoms. The summed E-state index contributed by atoms with van der Waals surface area (Å²) in [5, 5.41) is 0. The molecule has 0 unspecified atom stereocenters.